The van der Waals surface area contributed by atoms with Gasteiger partial charge in [0.25, 0.3) is 17.3 Å². The molecule has 0 aliphatic carbocycles. The first-order chi connectivity index (χ1) is 20.2. The molecule has 3 aromatic carbocycles. The monoisotopic (exact) mass is 573 g/mol. The number of amides is 2. The number of hydrogen-bond donors (Lipinski definition) is 1. The van der Waals surface area contributed by atoms with Gasteiger partial charge in [-0.3, -0.25) is 14.9 Å². The highest BCUT2D eigenvalue weighted by molar-refractivity contribution is 5.96. The van der Waals surface area contributed by atoms with Crippen LogP contribution in [0.5, 0.6) is 0 Å². The maximum atomic E-state index is 13.4. The van der Waals surface area contributed by atoms with Gasteiger partial charge in [0.05, 0.1) is 34.3 Å². The van der Waals surface area contributed by atoms with Crippen molar-refractivity contribution in [2.75, 3.05) is 31.1 Å². The molecule has 2 amide bonds. The van der Waals surface area contributed by atoms with E-state index in [4.69, 9.17) is 15.2 Å². The van der Waals surface area contributed by atoms with Crippen LogP contribution in [0.15, 0.2) is 77.3 Å². The third-order valence-corrected chi connectivity index (χ3v) is 6.51. The number of benzene rings is 3. The van der Waals surface area contributed by atoms with Crippen molar-refractivity contribution in [3.63, 3.8) is 0 Å². The van der Waals surface area contributed by atoms with Gasteiger partial charge in [-0.25, -0.2) is 9.69 Å². The molecule has 15 nitrogen and oxygen atoms in total. The Morgan fingerprint density at radius 3 is 1.98 bits per heavy atom. The lowest BCUT2D eigenvalue weighted by Gasteiger charge is -2.34. The van der Waals surface area contributed by atoms with Crippen LogP contribution < -0.4 is 10.7 Å². The molecule has 0 unspecified atom stereocenters. The number of aryl methyl sites for hydroxylation is 1. The number of hydrazine groups is 1. The van der Waals surface area contributed by atoms with Gasteiger partial charge in [0.1, 0.15) is 0 Å². The summed E-state index contributed by atoms with van der Waals surface area (Å²) in [5, 5.41) is 16.4. The van der Waals surface area contributed by atoms with Crippen molar-refractivity contribution in [3.8, 4) is 11.4 Å². The van der Waals surface area contributed by atoms with Crippen LogP contribution in [-0.4, -0.2) is 68.1 Å². The number of hydroxylamine groups is 2. The summed E-state index contributed by atoms with van der Waals surface area (Å²) in [4.78, 5) is 61.3. The predicted octanol–water partition coefficient (Wildman–Crippen LogP) is 3.89. The molecular formula is C27H25N8O7+. The Morgan fingerprint density at radius 1 is 0.905 bits per heavy atom. The number of piperazine rings is 1. The molecule has 1 aliphatic heterocycles. The molecule has 0 radical (unpaired) electrons. The van der Waals surface area contributed by atoms with E-state index in [1.807, 2.05) is 0 Å². The van der Waals surface area contributed by atoms with E-state index in [1.54, 1.807) is 36.1 Å². The Labute approximate surface area is 238 Å². The van der Waals surface area contributed by atoms with Crippen LogP contribution in [0, 0.1) is 21.9 Å². The van der Waals surface area contributed by atoms with Gasteiger partial charge in [-0.05, 0) is 36.4 Å². The van der Waals surface area contributed by atoms with E-state index < -0.39 is 11.0 Å². The van der Waals surface area contributed by atoms with Crippen LogP contribution >= 0.6 is 0 Å². The quantitative estimate of drug-likeness (QED) is 0.147. The first-order valence-electron chi connectivity index (χ1n) is 12.7. The molecule has 15 heteroatoms. The van der Waals surface area contributed by atoms with E-state index in [-0.39, 0.29) is 35.2 Å². The fraction of sp³-hybridized carbons (Fsp3) is 0.185. The van der Waals surface area contributed by atoms with Crippen molar-refractivity contribution in [1.82, 2.24) is 20.1 Å². The number of carbonyl (C=O) groups is 2. The van der Waals surface area contributed by atoms with E-state index >= 15 is 0 Å². The molecule has 4 aromatic rings. The minimum atomic E-state index is -0.782. The summed E-state index contributed by atoms with van der Waals surface area (Å²) < 4.78 is 5.00. The zero-order chi connectivity index (χ0) is 29.8. The van der Waals surface area contributed by atoms with E-state index in [0.29, 0.717) is 41.7 Å². The molecule has 214 valence electrons. The number of non-ortho nitro benzene ring substituents is 1. The number of nitrogens with zero attached hydrogens (tertiary/aromatic N) is 7. The lowest BCUT2D eigenvalue weighted by atomic mass is 10.1. The number of nitro groups is 1. The largest absolute Gasteiger partial charge is 0.438 e. The lowest BCUT2D eigenvalue weighted by molar-refractivity contribution is -0.474. The van der Waals surface area contributed by atoms with Crippen molar-refractivity contribution in [3.05, 3.63) is 99.3 Å². The van der Waals surface area contributed by atoms with Crippen LogP contribution in [0.4, 0.5) is 27.5 Å². The Hall–Kier alpha value is -5.70. The summed E-state index contributed by atoms with van der Waals surface area (Å²) in [6.07, 6.45) is -0.782. The van der Waals surface area contributed by atoms with E-state index in [1.165, 1.54) is 58.5 Å². The summed E-state index contributed by atoms with van der Waals surface area (Å²) in [5.41, 5.74) is 1.88. The van der Waals surface area contributed by atoms with Crippen LogP contribution in [0.3, 0.4) is 0 Å². The van der Waals surface area contributed by atoms with E-state index in [0.717, 1.165) is 5.56 Å². The fourth-order valence-corrected chi connectivity index (χ4v) is 4.33. The zero-order valence-corrected chi connectivity index (χ0v) is 22.3. The zero-order valence-electron chi connectivity index (χ0n) is 22.3. The molecule has 2 heterocycles. The molecule has 1 fully saturated rings. The minimum Gasteiger partial charge on any atom is -0.350 e. The second kappa shape index (κ2) is 11.8. The summed E-state index contributed by atoms with van der Waals surface area (Å²) in [5.74, 6) is 5.96. The number of aromatic nitrogens is 2. The molecule has 42 heavy (non-hydrogen) atoms. The van der Waals surface area contributed by atoms with Gasteiger partial charge in [0, 0.05) is 55.4 Å². The molecule has 1 saturated heterocycles. The molecule has 1 aromatic heterocycles. The molecule has 0 bridgehead atoms. The molecule has 0 saturated carbocycles. The van der Waals surface area contributed by atoms with Gasteiger partial charge >= 0.3 is 6.09 Å². The highest BCUT2D eigenvalue weighted by atomic mass is 16.7. The third-order valence-electron chi connectivity index (χ3n) is 6.51. The number of anilines is 2. The van der Waals surface area contributed by atoms with Crippen LogP contribution in [0.25, 0.3) is 11.4 Å². The Bertz CT molecular complexity index is 1560. The van der Waals surface area contributed by atoms with Crippen molar-refractivity contribution < 1.29 is 28.7 Å². The predicted molar refractivity (Wildman–Crippen MR) is 148 cm³/mol. The fourth-order valence-electron chi connectivity index (χ4n) is 4.33. The summed E-state index contributed by atoms with van der Waals surface area (Å²) >= 11 is 0. The van der Waals surface area contributed by atoms with Crippen molar-refractivity contribution in [2.24, 2.45) is 5.84 Å². The van der Waals surface area contributed by atoms with Crippen LogP contribution in [0.1, 0.15) is 16.2 Å². The standard InChI is InChI=1S/C27H25N8O7/c1-18-29-25(30-41-18)19-2-4-20(5-3-19)26(36)31-14-16-32(17-15-31)42-27(37)33(21-6-10-23(11-7-21)34(28)38)22-8-12-24(13-9-22)35(39)40/h2-13H,14-17H2,1H3,(H2,28,38)/q+1. The van der Waals surface area contributed by atoms with Gasteiger partial charge in [-0.15, -0.1) is 5.06 Å². The van der Waals surface area contributed by atoms with Gasteiger partial charge < -0.3 is 14.3 Å². The second-order valence-electron chi connectivity index (χ2n) is 9.24. The number of hydrogen-bond acceptors (Lipinski definition) is 10. The Morgan fingerprint density at radius 2 is 1.48 bits per heavy atom. The maximum absolute atomic E-state index is 13.4. The summed E-state index contributed by atoms with van der Waals surface area (Å²) in [7, 11) is 0. The smallest absolute Gasteiger partial charge is 0.350 e. The summed E-state index contributed by atoms with van der Waals surface area (Å²) in [6.45, 7) is 2.81. The SMILES string of the molecule is Cc1nc(-c2ccc(C(=O)N3CCN(OC(=O)N(c4ccc([N+](N)=O)cc4)c4ccc([N+](=O)[O-])cc4)CC3)cc2)no1. The summed E-state index contributed by atoms with van der Waals surface area (Å²) in [6, 6.07) is 18.1. The van der Waals surface area contributed by atoms with Crippen molar-refractivity contribution >= 4 is 34.7 Å². The molecule has 2 N–H and O–H groups in total. The van der Waals surface area contributed by atoms with E-state index in [2.05, 4.69) is 10.1 Å². The second-order valence-corrected chi connectivity index (χ2v) is 9.24. The molecule has 0 atom stereocenters. The molecular weight excluding hydrogens is 548 g/mol. The van der Waals surface area contributed by atoms with Gasteiger partial charge in [0.15, 0.2) is 4.87 Å². The van der Waals surface area contributed by atoms with E-state index in [9.17, 15) is 24.6 Å². The maximum Gasteiger partial charge on any atom is 0.438 e. The number of nitro benzene ring substituents is 1. The molecule has 5 rings (SSSR count). The van der Waals surface area contributed by atoms with Crippen molar-refractivity contribution in [1.29, 1.82) is 0 Å². The molecule has 1 aliphatic rings. The average molecular weight is 574 g/mol. The Kier molecular flexibility index (Phi) is 7.83. The normalized spacial score (nSPS) is 13.4. The highest BCUT2D eigenvalue weighted by Gasteiger charge is 2.28. The van der Waals surface area contributed by atoms with Gasteiger partial charge in [0.2, 0.25) is 11.7 Å². The first kappa shape index (κ1) is 27.9. The van der Waals surface area contributed by atoms with Crippen LogP contribution in [-0.2, 0) is 4.84 Å². The number of carbonyl (C=O) groups excluding carboxylic acids is 2. The first-order valence-corrected chi connectivity index (χ1v) is 12.7. The number of nitroso groups, excluding NO2 is 1. The van der Waals surface area contributed by atoms with Gasteiger partial charge in [-0.1, -0.05) is 17.3 Å². The average Bonchev–Trinajstić information content (AvgIpc) is 3.44. The number of nitrogens with two attached hydrogens (primary N) is 1. The highest BCUT2D eigenvalue weighted by Crippen LogP contribution is 2.30. The molecule has 0 spiro atoms. The topological polar surface area (TPSA) is 181 Å². The number of rotatable bonds is 7. The minimum absolute atomic E-state index is 0.145. The van der Waals surface area contributed by atoms with Crippen LogP contribution in [0.2, 0.25) is 0 Å². The third kappa shape index (κ3) is 6.05. The van der Waals surface area contributed by atoms with Crippen molar-refractivity contribution in [2.45, 2.75) is 6.92 Å². The van der Waals surface area contributed by atoms with Gasteiger partial charge in [-0.2, -0.15) is 10.8 Å². The Balaban J connectivity index is 1.25. The lowest BCUT2D eigenvalue weighted by Crippen LogP contribution is -2.50.